The van der Waals surface area contributed by atoms with Crippen molar-refractivity contribution < 1.29 is 27.2 Å². The number of anilines is 1. The summed E-state index contributed by atoms with van der Waals surface area (Å²) in [4.78, 5) is 15.9. The molecule has 0 aliphatic heterocycles. The molecule has 1 aliphatic rings. The van der Waals surface area contributed by atoms with E-state index in [1.165, 1.54) is 0 Å². The summed E-state index contributed by atoms with van der Waals surface area (Å²) in [5, 5.41) is 4.13. The summed E-state index contributed by atoms with van der Waals surface area (Å²) in [6.07, 6.45) is 1.16. The van der Waals surface area contributed by atoms with Crippen LogP contribution in [0.5, 0.6) is 5.75 Å². The van der Waals surface area contributed by atoms with Crippen molar-refractivity contribution in [3.8, 4) is 28.6 Å². The number of hydrogen-bond donors (Lipinski definition) is 2. The molecule has 34 heavy (non-hydrogen) atoms. The van der Waals surface area contributed by atoms with E-state index in [1.54, 1.807) is 18.2 Å². The van der Waals surface area contributed by atoms with Crippen LogP contribution in [-0.4, -0.2) is 43.5 Å². The number of nitrogens with two attached hydrogens (primary N) is 1. The van der Waals surface area contributed by atoms with Gasteiger partial charge in [-0.25, -0.2) is 13.1 Å². The Balaban J connectivity index is 1.58. The van der Waals surface area contributed by atoms with E-state index >= 15 is 0 Å². The normalized spacial score (nSPS) is 15.4. The zero-order valence-corrected chi connectivity index (χ0v) is 19.9. The van der Waals surface area contributed by atoms with Gasteiger partial charge in [-0.3, -0.25) is 4.79 Å². The molecule has 0 amide bonds. The molecular formula is C23H26N4O6S. The van der Waals surface area contributed by atoms with E-state index in [1.807, 2.05) is 32.0 Å². The lowest BCUT2D eigenvalue weighted by atomic mass is 10.0. The van der Waals surface area contributed by atoms with Crippen LogP contribution in [-0.2, 0) is 26.0 Å². The molecule has 1 atom stereocenters. The summed E-state index contributed by atoms with van der Waals surface area (Å²) in [5.74, 6) is -0.258. The quantitative estimate of drug-likeness (QED) is 0.362. The van der Waals surface area contributed by atoms with Crippen LogP contribution in [0.25, 0.3) is 22.8 Å². The number of carbonyl (C=O) groups excluding carboxylic acids is 1. The molecule has 3 aromatic rings. The molecule has 0 bridgehead atoms. The Hall–Kier alpha value is -3.44. The fourth-order valence-corrected chi connectivity index (χ4v) is 5.14. The van der Waals surface area contributed by atoms with Gasteiger partial charge in [-0.2, -0.15) is 4.98 Å². The van der Waals surface area contributed by atoms with Crippen LogP contribution >= 0.6 is 0 Å². The van der Waals surface area contributed by atoms with Gasteiger partial charge in [0.1, 0.15) is 5.75 Å². The van der Waals surface area contributed by atoms with Crippen molar-refractivity contribution in [3.63, 3.8) is 0 Å². The van der Waals surface area contributed by atoms with Crippen molar-refractivity contribution in [1.29, 1.82) is 0 Å². The van der Waals surface area contributed by atoms with Gasteiger partial charge in [0.05, 0.1) is 18.9 Å². The predicted octanol–water partition coefficient (Wildman–Crippen LogP) is 2.85. The average molecular weight is 487 g/mol. The average Bonchev–Trinajstić information content (AvgIpc) is 3.42. The van der Waals surface area contributed by atoms with Crippen molar-refractivity contribution in [2.75, 3.05) is 18.6 Å². The Morgan fingerprint density at radius 1 is 1.29 bits per heavy atom. The lowest BCUT2D eigenvalue weighted by molar-refractivity contribution is -0.137. The number of nitrogens with one attached hydrogen (secondary N) is 1. The molecule has 10 nitrogen and oxygen atoms in total. The number of nitrogen functional groups attached to an aromatic ring is 1. The lowest BCUT2D eigenvalue weighted by Crippen LogP contribution is -2.33. The van der Waals surface area contributed by atoms with E-state index < -0.39 is 27.8 Å². The first-order valence-electron chi connectivity index (χ1n) is 10.8. The number of rotatable bonds is 8. The number of esters is 1. The molecule has 0 saturated heterocycles. The number of methoxy groups -OCH3 is 1. The predicted molar refractivity (Wildman–Crippen MR) is 125 cm³/mol. The summed E-state index contributed by atoms with van der Waals surface area (Å²) in [5.41, 5.74) is 9.74. The fraction of sp³-hybridized carbons (Fsp3) is 0.348. The number of aromatic nitrogens is 2. The molecule has 180 valence electrons. The highest BCUT2D eigenvalue weighted by molar-refractivity contribution is 7.90. The molecule has 2 aromatic carbocycles. The zero-order valence-electron chi connectivity index (χ0n) is 19.1. The Morgan fingerprint density at radius 3 is 2.79 bits per heavy atom. The number of carbonyl (C=O) groups is 1. The van der Waals surface area contributed by atoms with Gasteiger partial charge in [-0.15, -0.1) is 0 Å². The third-order valence-corrected chi connectivity index (χ3v) is 6.67. The Morgan fingerprint density at radius 2 is 2.09 bits per heavy atom. The number of sulfonamides is 1. The molecule has 0 saturated carbocycles. The highest BCUT2D eigenvalue weighted by atomic mass is 32.2. The maximum Gasteiger partial charge on any atom is 0.322 e. The minimum atomic E-state index is -3.84. The van der Waals surface area contributed by atoms with Crippen molar-refractivity contribution in [1.82, 2.24) is 14.9 Å². The summed E-state index contributed by atoms with van der Waals surface area (Å²) in [6.45, 7) is 3.84. The number of benzene rings is 2. The van der Waals surface area contributed by atoms with Crippen LogP contribution in [0.4, 0.5) is 5.69 Å². The van der Waals surface area contributed by atoms with Gasteiger partial charge >= 0.3 is 5.97 Å². The maximum absolute atomic E-state index is 12.3. The van der Waals surface area contributed by atoms with Crippen molar-refractivity contribution >= 4 is 21.7 Å². The topological polar surface area (TPSA) is 147 Å². The van der Waals surface area contributed by atoms with E-state index in [0.717, 1.165) is 23.8 Å². The molecule has 3 N–H and O–H groups in total. The van der Waals surface area contributed by atoms with Crippen molar-refractivity contribution in [2.24, 2.45) is 0 Å². The second kappa shape index (κ2) is 9.43. The molecule has 0 fully saturated rings. The van der Waals surface area contributed by atoms with Gasteiger partial charge in [-0.05, 0) is 56.0 Å². The van der Waals surface area contributed by atoms with E-state index in [9.17, 15) is 13.2 Å². The molecule has 1 aliphatic carbocycles. The van der Waals surface area contributed by atoms with Gasteiger partial charge < -0.3 is 19.7 Å². The van der Waals surface area contributed by atoms with Crippen LogP contribution < -0.4 is 15.2 Å². The first-order valence-corrected chi connectivity index (χ1v) is 12.4. The van der Waals surface area contributed by atoms with E-state index in [0.29, 0.717) is 41.6 Å². The highest BCUT2D eigenvalue weighted by Crippen LogP contribution is 2.38. The van der Waals surface area contributed by atoms with Crippen LogP contribution in [0, 0.1) is 0 Å². The minimum absolute atomic E-state index is 0.00268. The summed E-state index contributed by atoms with van der Waals surface area (Å²) in [7, 11) is -2.69. The van der Waals surface area contributed by atoms with Crippen LogP contribution in [0.3, 0.4) is 0 Å². The smallest absolute Gasteiger partial charge is 0.322 e. The molecule has 0 unspecified atom stereocenters. The molecule has 0 spiro atoms. The first-order chi connectivity index (χ1) is 16.2. The second-order valence-electron chi connectivity index (χ2n) is 8.26. The fourth-order valence-electron chi connectivity index (χ4n) is 3.95. The van der Waals surface area contributed by atoms with E-state index in [2.05, 4.69) is 19.6 Å². The Kier molecular flexibility index (Phi) is 6.58. The standard InChI is InChI=1S/C23H26N4O6S/c1-13(2)32-20-10-7-14(11-18(20)24)23-25-22(26-33-23)17-6-4-5-16-15(17)8-9-19(16)27-34(29,30)12-21(28)31-3/h4-7,10-11,13,19,27H,8-9,12,24H2,1-3H3/t19-/m0/s1. The van der Waals surface area contributed by atoms with Gasteiger partial charge in [0, 0.05) is 17.2 Å². The van der Waals surface area contributed by atoms with Gasteiger partial charge in [0.2, 0.25) is 15.8 Å². The van der Waals surface area contributed by atoms with Crippen molar-refractivity contribution in [2.45, 2.75) is 38.8 Å². The molecule has 1 aromatic heterocycles. The molecule has 1 heterocycles. The third kappa shape index (κ3) is 5.05. The SMILES string of the molecule is COC(=O)CS(=O)(=O)N[C@H]1CCc2c(-c3noc(-c4ccc(OC(C)C)c(N)c4)n3)cccc21. The van der Waals surface area contributed by atoms with Gasteiger partial charge in [0.25, 0.3) is 5.89 Å². The van der Waals surface area contributed by atoms with Gasteiger partial charge in [0.15, 0.2) is 5.75 Å². The van der Waals surface area contributed by atoms with Crippen LogP contribution in [0.15, 0.2) is 40.9 Å². The lowest BCUT2D eigenvalue weighted by Gasteiger charge is -2.14. The molecular weight excluding hydrogens is 460 g/mol. The molecule has 0 radical (unpaired) electrons. The molecule has 4 rings (SSSR count). The number of fused-ring (bicyclic) bond motifs is 1. The largest absolute Gasteiger partial charge is 0.489 e. The zero-order chi connectivity index (χ0) is 24.5. The summed E-state index contributed by atoms with van der Waals surface area (Å²) < 4.78 is 42.9. The molecule has 11 heteroatoms. The first kappa shape index (κ1) is 23.7. The Labute approximate surface area is 197 Å². The summed E-state index contributed by atoms with van der Waals surface area (Å²) >= 11 is 0. The number of ether oxygens (including phenoxy) is 2. The van der Waals surface area contributed by atoms with E-state index in [4.69, 9.17) is 15.0 Å². The Bertz CT molecular complexity index is 1320. The van der Waals surface area contributed by atoms with Crippen molar-refractivity contribution in [3.05, 3.63) is 47.5 Å². The maximum atomic E-state index is 12.3. The number of nitrogens with zero attached hydrogens (tertiary/aromatic N) is 2. The highest BCUT2D eigenvalue weighted by Gasteiger charge is 2.30. The van der Waals surface area contributed by atoms with E-state index in [-0.39, 0.29) is 6.10 Å². The van der Waals surface area contributed by atoms with Gasteiger partial charge in [-0.1, -0.05) is 23.4 Å². The third-order valence-electron chi connectivity index (χ3n) is 5.41. The minimum Gasteiger partial charge on any atom is -0.489 e. The second-order valence-corrected chi connectivity index (χ2v) is 10.0. The number of hydrogen-bond acceptors (Lipinski definition) is 9. The van der Waals surface area contributed by atoms with Crippen LogP contribution in [0.2, 0.25) is 0 Å². The monoisotopic (exact) mass is 486 g/mol. The van der Waals surface area contributed by atoms with Crippen LogP contribution in [0.1, 0.15) is 37.4 Å². The summed E-state index contributed by atoms with van der Waals surface area (Å²) in [6, 6.07) is 10.4.